The molecule has 3 aliphatic rings. The molecule has 178 valence electrons. The van der Waals surface area contributed by atoms with E-state index in [1.54, 1.807) is 19.1 Å². The van der Waals surface area contributed by atoms with E-state index in [9.17, 15) is 13.2 Å². The summed E-state index contributed by atoms with van der Waals surface area (Å²) < 4.78 is 41.0. The van der Waals surface area contributed by atoms with Gasteiger partial charge in [0.15, 0.2) is 9.84 Å². The number of sulfone groups is 1. The number of carbonyl (C=O) groups is 1. The zero-order chi connectivity index (χ0) is 22.7. The van der Waals surface area contributed by atoms with Gasteiger partial charge in [-0.2, -0.15) is 0 Å². The van der Waals surface area contributed by atoms with E-state index in [0.717, 1.165) is 49.3 Å². The van der Waals surface area contributed by atoms with Crippen LogP contribution in [-0.4, -0.2) is 88.2 Å². The highest BCUT2D eigenvalue weighted by atomic mass is 32.2. The number of nitrogens with zero attached hydrogens (tertiary/aromatic N) is 2. The Morgan fingerprint density at radius 1 is 1.19 bits per heavy atom. The fraction of sp³-hybridized carbons (Fsp3) is 0.696. The Balaban J connectivity index is 1.52. The minimum absolute atomic E-state index is 0.00453. The van der Waals surface area contributed by atoms with Crippen LogP contribution in [0.2, 0.25) is 0 Å². The fourth-order valence-corrected chi connectivity index (χ4v) is 6.95. The van der Waals surface area contributed by atoms with Crippen molar-refractivity contribution in [1.82, 2.24) is 9.80 Å². The molecule has 3 aliphatic heterocycles. The Labute approximate surface area is 190 Å². The molecule has 32 heavy (non-hydrogen) atoms. The van der Waals surface area contributed by atoms with E-state index in [1.807, 2.05) is 18.2 Å². The summed E-state index contributed by atoms with van der Waals surface area (Å²) in [4.78, 5) is 17.5. The first-order chi connectivity index (χ1) is 15.4. The van der Waals surface area contributed by atoms with Crippen molar-refractivity contribution in [3.63, 3.8) is 0 Å². The summed E-state index contributed by atoms with van der Waals surface area (Å²) in [6.07, 6.45) is 4.32. The van der Waals surface area contributed by atoms with E-state index < -0.39 is 9.84 Å². The molecule has 3 saturated heterocycles. The van der Waals surface area contributed by atoms with E-state index in [1.165, 1.54) is 0 Å². The first kappa shape index (κ1) is 23.3. The minimum atomic E-state index is -3.08. The summed E-state index contributed by atoms with van der Waals surface area (Å²) in [5.74, 6) is 1.73. The molecule has 0 N–H and O–H groups in total. The lowest BCUT2D eigenvalue weighted by molar-refractivity contribution is -0.136. The van der Waals surface area contributed by atoms with Crippen LogP contribution < -0.4 is 9.47 Å². The molecule has 3 unspecified atom stereocenters. The Morgan fingerprint density at radius 2 is 2.03 bits per heavy atom. The van der Waals surface area contributed by atoms with Crippen molar-refractivity contribution in [2.24, 2.45) is 0 Å². The van der Waals surface area contributed by atoms with Gasteiger partial charge in [0.25, 0.3) is 0 Å². The second kappa shape index (κ2) is 9.97. The third-order valence-electron chi connectivity index (χ3n) is 6.89. The monoisotopic (exact) mass is 466 g/mol. The highest BCUT2D eigenvalue weighted by molar-refractivity contribution is 7.91. The van der Waals surface area contributed by atoms with Gasteiger partial charge in [-0.15, -0.1) is 0 Å². The molecule has 0 aliphatic carbocycles. The first-order valence-electron chi connectivity index (χ1n) is 11.5. The molecule has 0 spiro atoms. The van der Waals surface area contributed by atoms with E-state index in [2.05, 4.69) is 4.90 Å². The summed E-state index contributed by atoms with van der Waals surface area (Å²) >= 11 is 0. The second-order valence-corrected chi connectivity index (χ2v) is 11.2. The average molecular weight is 467 g/mol. The van der Waals surface area contributed by atoms with Crippen molar-refractivity contribution in [2.75, 3.05) is 52.0 Å². The molecule has 0 radical (unpaired) electrons. The molecule has 3 fully saturated rings. The number of carbonyl (C=O) groups excluding carboxylic acids is 1. The number of amides is 1. The highest BCUT2D eigenvalue weighted by Gasteiger charge is 2.38. The Hall–Kier alpha value is -1.84. The quantitative estimate of drug-likeness (QED) is 0.580. The number of likely N-dealkylation sites (tertiary alicyclic amines) is 1. The highest BCUT2D eigenvalue weighted by Crippen LogP contribution is 2.39. The molecule has 3 heterocycles. The maximum absolute atomic E-state index is 13.5. The Morgan fingerprint density at radius 3 is 2.69 bits per heavy atom. The normalized spacial score (nSPS) is 27.5. The van der Waals surface area contributed by atoms with Crippen LogP contribution in [0.1, 0.15) is 43.7 Å². The Kier molecular flexibility index (Phi) is 7.27. The molecule has 3 atom stereocenters. The van der Waals surface area contributed by atoms with Gasteiger partial charge in [-0.1, -0.05) is 0 Å². The molecule has 9 heteroatoms. The Bertz CT molecular complexity index is 915. The summed E-state index contributed by atoms with van der Waals surface area (Å²) in [5, 5.41) is 0. The van der Waals surface area contributed by atoms with Crippen molar-refractivity contribution >= 4 is 15.7 Å². The van der Waals surface area contributed by atoms with Crippen molar-refractivity contribution in [3.8, 4) is 11.5 Å². The van der Waals surface area contributed by atoms with E-state index in [0.29, 0.717) is 19.6 Å². The molecule has 0 saturated carbocycles. The number of hydrogen-bond donors (Lipinski definition) is 0. The molecule has 0 aromatic heterocycles. The van der Waals surface area contributed by atoms with Gasteiger partial charge in [0.2, 0.25) is 5.91 Å². The molecule has 1 amide bonds. The lowest BCUT2D eigenvalue weighted by Crippen LogP contribution is -2.49. The predicted octanol–water partition coefficient (Wildman–Crippen LogP) is 2.04. The molecular weight excluding hydrogens is 432 g/mol. The van der Waals surface area contributed by atoms with Gasteiger partial charge in [0.1, 0.15) is 11.5 Å². The zero-order valence-corrected chi connectivity index (χ0v) is 19.8. The van der Waals surface area contributed by atoms with Crippen molar-refractivity contribution in [2.45, 2.75) is 50.3 Å². The lowest BCUT2D eigenvalue weighted by Gasteiger charge is -2.33. The number of rotatable bonds is 8. The first-order valence-corrected chi connectivity index (χ1v) is 13.3. The van der Waals surface area contributed by atoms with Gasteiger partial charge in [-0.3, -0.25) is 9.69 Å². The average Bonchev–Trinajstić information content (AvgIpc) is 3.53. The molecular formula is C23H34N2O6S. The summed E-state index contributed by atoms with van der Waals surface area (Å²) in [7, 11) is 0.207. The molecule has 1 aromatic rings. The van der Waals surface area contributed by atoms with Gasteiger partial charge in [0.05, 0.1) is 38.4 Å². The van der Waals surface area contributed by atoms with Crippen LogP contribution in [0.3, 0.4) is 0 Å². The SMILES string of the molecule is COc1ccc(OC)c(C2CCCN2CC(=O)N(CC2CCCO2)C2CCS(=O)(=O)C2)c1. The maximum atomic E-state index is 13.5. The molecule has 4 rings (SSSR count). The van der Waals surface area contributed by atoms with Crippen LogP contribution in [0.15, 0.2) is 18.2 Å². The standard InChI is InChI=1S/C23H34N2O6S/c1-29-18-7-8-22(30-2)20(13-18)21-6-3-10-24(21)15-23(26)25(14-19-5-4-11-31-19)17-9-12-32(27,28)16-17/h7-8,13,17,19,21H,3-6,9-12,14-16H2,1-2H3. The summed E-state index contributed by atoms with van der Waals surface area (Å²) in [6.45, 7) is 2.25. The number of ether oxygens (including phenoxy) is 3. The number of methoxy groups -OCH3 is 2. The van der Waals surface area contributed by atoms with Gasteiger partial charge in [0, 0.05) is 30.8 Å². The van der Waals surface area contributed by atoms with Crippen molar-refractivity contribution < 1.29 is 27.4 Å². The fourth-order valence-electron chi connectivity index (χ4n) is 5.22. The van der Waals surface area contributed by atoms with Crippen molar-refractivity contribution in [1.29, 1.82) is 0 Å². The van der Waals surface area contributed by atoms with Crippen LogP contribution in [0.25, 0.3) is 0 Å². The lowest BCUT2D eigenvalue weighted by atomic mass is 10.0. The van der Waals surface area contributed by atoms with Crippen LogP contribution in [0, 0.1) is 0 Å². The van der Waals surface area contributed by atoms with E-state index in [-0.39, 0.29) is 42.1 Å². The third kappa shape index (κ3) is 5.21. The van der Waals surface area contributed by atoms with Gasteiger partial charge < -0.3 is 19.1 Å². The second-order valence-electron chi connectivity index (χ2n) is 8.97. The van der Waals surface area contributed by atoms with Crippen LogP contribution in [-0.2, 0) is 19.4 Å². The topological polar surface area (TPSA) is 85.4 Å². The summed E-state index contributed by atoms with van der Waals surface area (Å²) in [6, 6.07) is 5.56. The summed E-state index contributed by atoms with van der Waals surface area (Å²) in [5.41, 5.74) is 1.02. The maximum Gasteiger partial charge on any atom is 0.237 e. The molecule has 0 bridgehead atoms. The largest absolute Gasteiger partial charge is 0.497 e. The van der Waals surface area contributed by atoms with Crippen molar-refractivity contribution in [3.05, 3.63) is 23.8 Å². The minimum Gasteiger partial charge on any atom is -0.497 e. The molecule has 1 aromatic carbocycles. The number of benzene rings is 1. The predicted molar refractivity (Wildman–Crippen MR) is 121 cm³/mol. The third-order valence-corrected chi connectivity index (χ3v) is 8.64. The van der Waals surface area contributed by atoms with Gasteiger partial charge in [-0.05, 0) is 56.8 Å². The zero-order valence-electron chi connectivity index (χ0n) is 19.0. The van der Waals surface area contributed by atoms with Crippen LogP contribution >= 0.6 is 0 Å². The number of hydrogen-bond acceptors (Lipinski definition) is 7. The van der Waals surface area contributed by atoms with Gasteiger partial charge >= 0.3 is 0 Å². The van der Waals surface area contributed by atoms with E-state index in [4.69, 9.17) is 14.2 Å². The van der Waals surface area contributed by atoms with E-state index >= 15 is 0 Å². The van der Waals surface area contributed by atoms with Crippen LogP contribution in [0.5, 0.6) is 11.5 Å². The molecule has 8 nitrogen and oxygen atoms in total. The van der Waals surface area contributed by atoms with Gasteiger partial charge in [-0.25, -0.2) is 8.42 Å². The smallest absolute Gasteiger partial charge is 0.237 e. The van der Waals surface area contributed by atoms with Crippen LogP contribution in [0.4, 0.5) is 0 Å².